The quantitative estimate of drug-likeness (QED) is 0.408. The van der Waals surface area contributed by atoms with Crippen LogP contribution in [0.4, 0.5) is 5.69 Å². The van der Waals surface area contributed by atoms with Crippen LogP contribution >= 0.6 is 39.1 Å². The van der Waals surface area contributed by atoms with E-state index in [-0.39, 0.29) is 34.2 Å². The van der Waals surface area contributed by atoms with Gasteiger partial charge < -0.3 is 10.2 Å². The molecular formula is C25H30BrCl2N3O4S. The fourth-order valence-electron chi connectivity index (χ4n) is 4.26. The van der Waals surface area contributed by atoms with Crippen LogP contribution < -0.4 is 9.62 Å². The minimum atomic E-state index is -3.90. The zero-order chi connectivity index (χ0) is 26.5. The smallest absolute Gasteiger partial charge is 0.244 e. The van der Waals surface area contributed by atoms with Gasteiger partial charge in [-0.3, -0.25) is 13.9 Å². The molecule has 196 valence electrons. The second-order valence-electron chi connectivity index (χ2n) is 9.01. The van der Waals surface area contributed by atoms with Gasteiger partial charge in [-0.05, 0) is 49.6 Å². The van der Waals surface area contributed by atoms with Crippen molar-refractivity contribution in [3.63, 3.8) is 0 Å². The summed E-state index contributed by atoms with van der Waals surface area (Å²) in [4.78, 5) is 28.2. The first-order valence-corrected chi connectivity index (χ1v) is 15.1. The van der Waals surface area contributed by atoms with Gasteiger partial charge in [0.2, 0.25) is 21.8 Å². The summed E-state index contributed by atoms with van der Waals surface area (Å²) < 4.78 is 27.1. The van der Waals surface area contributed by atoms with E-state index in [9.17, 15) is 18.0 Å². The molecular weight excluding hydrogens is 589 g/mol. The van der Waals surface area contributed by atoms with E-state index < -0.39 is 28.5 Å². The van der Waals surface area contributed by atoms with Crippen LogP contribution in [0, 0.1) is 0 Å². The van der Waals surface area contributed by atoms with E-state index in [1.54, 1.807) is 13.0 Å². The summed E-state index contributed by atoms with van der Waals surface area (Å²) >= 11 is 15.8. The molecule has 2 amide bonds. The average molecular weight is 619 g/mol. The lowest BCUT2D eigenvalue weighted by Crippen LogP contribution is -2.53. The molecule has 0 radical (unpaired) electrons. The van der Waals surface area contributed by atoms with Crippen molar-refractivity contribution in [2.75, 3.05) is 17.1 Å². The summed E-state index contributed by atoms with van der Waals surface area (Å²) in [5.74, 6) is -0.806. The number of sulfonamides is 1. The molecule has 0 heterocycles. The van der Waals surface area contributed by atoms with E-state index in [0.717, 1.165) is 52.7 Å². The highest BCUT2D eigenvalue weighted by Gasteiger charge is 2.32. The van der Waals surface area contributed by atoms with Gasteiger partial charge in [0.25, 0.3) is 0 Å². The number of halogens is 3. The first-order chi connectivity index (χ1) is 17.0. The number of nitrogens with one attached hydrogen (secondary N) is 1. The lowest BCUT2D eigenvalue weighted by Gasteiger charge is -2.33. The Kier molecular flexibility index (Phi) is 10.1. The van der Waals surface area contributed by atoms with Crippen molar-refractivity contribution in [1.82, 2.24) is 10.2 Å². The van der Waals surface area contributed by atoms with Gasteiger partial charge in [0.1, 0.15) is 12.6 Å². The van der Waals surface area contributed by atoms with Crippen LogP contribution in [0.2, 0.25) is 10.0 Å². The first-order valence-electron chi connectivity index (χ1n) is 11.7. The summed E-state index contributed by atoms with van der Waals surface area (Å²) in [5, 5.41) is 3.27. The molecule has 1 N–H and O–H groups in total. The highest BCUT2D eigenvalue weighted by Crippen LogP contribution is 2.33. The molecule has 0 spiro atoms. The third-order valence-electron chi connectivity index (χ3n) is 6.24. The third kappa shape index (κ3) is 7.60. The standard InChI is InChI=1S/C25H30BrCl2N3O4S/c1-17(25(33)29-20-10-4-3-5-11-20)30(15-18-8-6-9-19(26)14-18)23(32)16-31(36(2,34)35)22-13-7-12-21(27)24(22)28/h6-9,12-14,17,20H,3-5,10-11,15-16H2,1-2H3,(H,29,33)/t17-/m0/s1. The van der Waals surface area contributed by atoms with Crippen molar-refractivity contribution in [2.45, 2.75) is 57.7 Å². The number of hydrogen-bond donors (Lipinski definition) is 1. The number of carbonyl (C=O) groups excluding carboxylic acids is 2. The molecule has 0 saturated heterocycles. The number of amides is 2. The predicted octanol–water partition coefficient (Wildman–Crippen LogP) is 5.39. The maximum absolute atomic E-state index is 13.6. The van der Waals surface area contributed by atoms with Crippen LogP contribution in [0.1, 0.15) is 44.6 Å². The molecule has 0 aromatic heterocycles. The maximum Gasteiger partial charge on any atom is 0.244 e. The Hall–Kier alpha value is -1.81. The molecule has 1 atom stereocenters. The van der Waals surface area contributed by atoms with Gasteiger partial charge in [-0.1, -0.05) is 76.6 Å². The van der Waals surface area contributed by atoms with Crippen LogP contribution in [0.15, 0.2) is 46.9 Å². The molecule has 1 saturated carbocycles. The number of benzene rings is 2. The number of nitrogens with zero attached hydrogens (tertiary/aromatic N) is 2. The van der Waals surface area contributed by atoms with Crippen molar-refractivity contribution in [3.8, 4) is 0 Å². The van der Waals surface area contributed by atoms with Gasteiger partial charge in [-0.25, -0.2) is 8.42 Å². The zero-order valence-electron chi connectivity index (χ0n) is 20.2. The molecule has 1 fully saturated rings. The molecule has 11 heteroatoms. The van der Waals surface area contributed by atoms with Crippen LogP contribution in [0.5, 0.6) is 0 Å². The lowest BCUT2D eigenvalue weighted by atomic mass is 9.95. The Morgan fingerprint density at radius 3 is 2.42 bits per heavy atom. The average Bonchev–Trinajstić information content (AvgIpc) is 2.82. The number of carbonyl (C=O) groups is 2. The summed E-state index contributed by atoms with van der Waals surface area (Å²) in [7, 11) is -3.90. The molecule has 0 unspecified atom stereocenters. The fraction of sp³-hybridized carbons (Fsp3) is 0.440. The molecule has 2 aromatic rings. The maximum atomic E-state index is 13.6. The lowest BCUT2D eigenvalue weighted by molar-refractivity contribution is -0.139. The highest BCUT2D eigenvalue weighted by atomic mass is 79.9. The van der Waals surface area contributed by atoms with Crippen LogP contribution in [0.3, 0.4) is 0 Å². The normalized spacial score (nSPS) is 15.2. The van der Waals surface area contributed by atoms with E-state index >= 15 is 0 Å². The van der Waals surface area contributed by atoms with Crippen molar-refractivity contribution in [2.24, 2.45) is 0 Å². The van der Waals surface area contributed by atoms with E-state index in [1.807, 2.05) is 24.3 Å². The predicted molar refractivity (Wildman–Crippen MR) is 148 cm³/mol. The summed E-state index contributed by atoms with van der Waals surface area (Å²) in [5.41, 5.74) is 0.892. The summed E-state index contributed by atoms with van der Waals surface area (Å²) in [6.07, 6.45) is 6.09. The van der Waals surface area contributed by atoms with Gasteiger partial charge in [-0.2, -0.15) is 0 Å². The molecule has 7 nitrogen and oxygen atoms in total. The van der Waals surface area contributed by atoms with Gasteiger partial charge in [-0.15, -0.1) is 0 Å². The Bertz CT molecular complexity index is 1210. The minimum Gasteiger partial charge on any atom is -0.352 e. The van der Waals surface area contributed by atoms with Gasteiger partial charge >= 0.3 is 0 Å². The Morgan fingerprint density at radius 2 is 1.78 bits per heavy atom. The topological polar surface area (TPSA) is 86.8 Å². The number of hydrogen-bond acceptors (Lipinski definition) is 4. The molecule has 36 heavy (non-hydrogen) atoms. The Balaban J connectivity index is 1.90. The molecule has 1 aliphatic rings. The summed E-state index contributed by atoms with van der Waals surface area (Å²) in [6.45, 7) is 1.25. The molecule has 0 bridgehead atoms. The number of rotatable bonds is 9. The van der Waals surface area contributed by atoms with Crippen molar-refractivity contribution in [1.29, 1.82) is 0 Å². The second kappa shape index (κ2) is 12.6. The van der Waals surface area contributed by atoms with E-state index in [1.165, 1.54) is 17.0 Å². The first kappa shape index (κ1) is 28.8. The van der Waals surface area contributed by atoms with Crippen molar-refractivity contribution >= 4 is 66.7 Å². The third-order valence-corrected chi connectivity index (χ3v) is 8.67. The van der Waals surface area contributed by atoms with Crippen LogP contribution in [-0.2, 0) is 26.2 Å². The molecule has 0 aliphatic heterocycles. The van der Waals surface area contributed by atoms with Gasteiger partial charge in [0.05, 0.1) is 22.0 Å². The summed E-state index contributed by atoms with van der Waals surface area (Å²) in [6, 6.07) is 11.2. The second-order valence-corrected chi connectivity index (χ2v) is 12.6. The minimum absolute atomic E-state index is 0.0269. The monoisotopic (exact) mass is 617 g/mol. The zero-order valence-corrected chi connectivity index (χ0v) is 24.1. The van der Waals surface area contributed by atoms with Crippen LogP contribution in [-0.4, -0.2) is 50.0 Å². The number of anilines is 1. The van der Waals surface area contributed by atoms with Crippen molar-refractivity contribution in [3.05, 3.63) is 62.5 Å². The van der Waals surface area contributed by atoms with E-state index in [0.29, 0.717) is 0 Å². The Labute approximate surface area is 231 Å². The van der Waals surface area contributed by atoms with Gasteiger partial charge in [0.15, 0.2) is 0 Å². The highest BCUT2D eigenvalue weighted by molar-refractivity contribution is 9.10. The Morgan fingerprint density at radius 1 is 1.11 bits per heavy atom. The molecule has 1 aliphatic carbocycles. The van der Waals surface area contributed by atoms with Crippen LogP contribution in [0.25, 0.3) is 0 Å². The van der Waals surface area contributed by atoms with Gasteiger partial charge in [0, 0.05) is 17.1 Å². The van der Waals surface area contributed by atoms with Crippen molar-refractivity contribution < 1.29 is 18.0 Å². The van der Waals surface area contributed by atoms with E-state index in [2.05, 4.69) is 21.2 Å². The largest absolute Gasteiger partial charge is 0.352 e. The SMILES string of the molecule is C[C@@H](C(=O)NC1CCCCC1)N(Cc1cccc(Br)c1)C(=O)CN(c1cccc(Cl)c1Cl)S(C)(=O)=O. The molecule has 3 rings (SSSR count). The fourth-order valence-corrected chi connectivity index (χ4v) is 6.01. The molecule has 2 aromatic carbocycles. The van der Waals surface area contributed by atoms with E-state index in [4.69, 9.17) is 23.2 Å².